The molecule has 1 fully saturated rings. The Morgan fingerprint density at radius 2 is 2.18 bits per heavy atom. The van der Waals surface area contributed by atoms with Gasteiger partial charge in [-0.05, 0) is 20.9 Å². The minimum Gasteiger partial charge on any atom is -0.354 e. The molecule has 5 nitrogen and oxygen atoms in total. The molecule has 1 saturated heterocycles. The summed E-state index contributed by atoms with van der Waals surface area (Å²) in [5.74, 6) is 0.134. The maximum absolute atomic E-state index is 11.6. The first-order valence-corrected chi connectivity index (χ1v) is 6.45. The minimum absolute atomic E-state index is 0.134. The number of nitrogens with one attached hydrogen (secondary N) is 1. The van der Waals surface area contributed by atoms with Crippen LogP contribution in [0.25, 0.3) is 0 Å². The average molecular weight is 242 g/mol. The van der Waals surface area contributed by atoms with Crippen molar-refractivity contribution in [3.8, 4) is 0 Å². The van der Waals surface area contributed by atoms with Gasteiger partial charge >= 0.3 is 0 Å². The Bertz CT molecular complexity index is 245. The highest BCUT2D eigenvalue weighted by molar-refractivity contribution is 5.76. The Kier molecular flexibility index (Phi) is 5.88. The van der Waals surface area contributed by atoms with Crippen molar-refractivity contribution in [2.45, 2.75) is 32.4 Å². The molecule has 0 aromatic carbocycles. The Morgan fingerprint density at radius 3 is 2.76 bits per heavy atom. The number of hydrogen-bond acceptors (Lipinski definition) is 4. The van der Waals surface area contributed by atoms with Crippen molar-refractivity contribution in [2.24, 2.45) is 5.73 Å². The fraction of sp³-hybridized carbons (Fsp3) is 0.917. The molecule has 0 aromatic rings. The maximum Gasteiger partial charge on any atom is 0.221 e. The quantitative estimate of drug-likeness (QED) is 0.681. The van der Waals surface area contributed by atoms with Crippen LogP contribution in [0, 0.1) is 0 Å². The van der Waals surface area contributed by atoms with Gasteiger partial charge in [-0.2, -0.15) is 0 Å². The lowest BCUT2D eigenvalue weighted by atomic mass is 10.1. The number of carbonyl (C=O) groups is 1. The zero-order valence-corrected chi connectivity index (χ0v) is 11.3. The van der Waals surface area contributed by atoms with E-state index in [0.29, 0.717) is 19.0 Å². The molecule has 1 heterocycles. The summed E-state index contributed by atoms with van der Waals surface area (Å²) in [5.41, 5.74) is 5.77. The fourth-order valence-electron chi connectivity index (χ4n) is 2.21. The SMILES string of the molecule is CC(C)NC(=O)CCN1CCN(C)CC1CN. The first-order chi connectivity index (χ1) is 8.02. The van der Waals surface area contributed by atoms with E-state index in [2.05, 4.69) is 22.2 Å². The van der Waals surface area contributed by atoms with Crippen molar-refractivity contribution < 1.29 is 4.79 Å². The van der Waals surface area contributed by atoms with Gasteiger partial charge in [-0.15, -0.1) is 0 Å². The normalized spacial score (nSPS) is 23.0. The van der Waals surface area contributed by atoms with Crippen molar-refractivity contribution >= 4 is 5.91 Å². The van der Waals surface area contributed by atoms with Crippen LogP contribution in [0.3, 0.4) is 0 Å². The Hall–Kier alpha value is -0.650. The summed E-state index contributed by atoms with van der Waals surface area (Å²) in [6, 6.07) is 0.612. The predicted molar refractivity (Wildman–Crippen MR) is 69.8 cm³/mol. The number of amides is 1. The third-order valence-electron chi connectivity index (χ3n) is 3.16. The Labute approximate surface area is 104 Å². The second-order valence-corrected chi connectivity index (χ2v) is 5.16. The van der Waals surface area contributed by atoms with Gasteiger partial charge in [0.25, 0.3) is 0 Å². The van der Waals surface area contributed by atoms with Gasteiger partial charge in [-0.25, -0.2) is 0 Å². The standard InChI is InChI=1S/C12H26N4O/c1-10(2)14-12(17)4-5-16-7-6-15(3)9-11(16)8-13/h10-11H,4-9,13H2,1-3H3,(H,14,17). The van der Waals surface area contributed by atoms with Gasteiger partial charge in [-0.3, -0.25) is 9.69 Å². The summed E-state index contributed by atoms with van der Waals surface area (Å²) in [5, 5.41) is 2.92. The molecule has 1 aliphatic heterocycles. The number of rotatable bonds is 5. The van der Waals surface area contributed by atoms with E-state index in [1.54, 1.807) is 0 Å². The van der Waals surface area contributed by atoms with Gasteiger partial charge in [0, 0.05) is 51.2 Å². The van der Waals surface area contributed by atoms with Crippen molar-refractivity contribution in [3.05, 3.63) is 0 Å². The molecule has 17 heavy (non-hydrogen) atoms. The zero-order valence-electron chi connectivity index (χ0n) is 11.3. The number of nitrogens with zero attached hydrogens (tertiary/aromatic N) is 2. The molecule has 1 amide bonds. The molecule has 0 radical (unpaired) electrons. The number of likely N-dealkylation sites (N-methyl/N-ethyl adjacent to an activating group) is 1. The Balaban J connectivity index is 2.32. The molecule has 1 aliphatic rings. The largest absolute Gasteiger partial charge is 0.354 e. The lowest BCUT2D eigenvalue weighted by molar-refractivity contribution is -0.122. The second kappa shape index (κ2) is 6.93. The van der Waals surface area contributed by atoms with Gasteiger partial charge in [-0.1, -0.05) is 0 Å². The zero-order chi connectivity index (χ0) is 12.8. The maximum atomic E-state index is 11.6. The molecule has 0 aromatic heterocycles. The van der Waals surface area contributed by atoms with Crippen LogP contribution in [0.5, 0.6) is 0 Å². The molecular formula is C12H26N4O. The van der Waals surface area contributed by atoms with Crippen LogP contribution in [-0.2, 0) is 4.79 Å². The molecule has 0 bridgehead atoms. The molecule has 5 heteroatoms. The number of hydrogen-bond donors (Lipinski definition) is 2. The van der Waals surface area contributed by atoms with Crippen LogP contribution >= 0.6 is 0 Å². The van der Waals surface area contributed by atoms with E-state index in [4.69, 9.17) is 5.73 Å². The summed E-state index contributed by atoms with van der Waals surface area (Å²) in [7, 11) is 2.12. The molecule has 3 N–H and O–H groups in total. The molecule has 0 spiro atoms. The number of piperazine rings is 1. The average Bonchev–Trinajstić information content (AvgIpc) is 2.26. The molecule has 1 rings (SSSR count). The summed E-state index contributed by atoms with van der Waals surface area (Å²) in [6.07, 6.45) is 0.568. The van der Waals surface area contributed by atoms with E-state index in [1.165, 1.54) is 0 Å². The lowest BCUT2D eigenvalue weighted by Crippen LogP contribution is -2.55. The topological polar surface area (TPSA) is 61.6 Å². The third kappa shape index (κ3) is 5.02. The van der Waals surface area contributed by atoms with E-state index < -0.39 is 0 Å². The minimum atomic E-state index is 0.134. The van der Waals surface area contributed by atoms with Gasteiger partial charge in [0.2, 0.25) is 5.91 Å². The van der Waals surface area contributed by atoms with E-state index in [-0.39, 0.29) is 11.9 Å². The summed E-state index contributed by atoms with van der Waals surface area (Å²) >= 11 is 0. The van der Waals surface area contributed by atoms with Crippen LogP contribution in [0.1, 0.15) is 20.3 Å². The van der Waals surface area contributed by atoms with Crippen LogP contribution < -0.4 is 11.1 Å². The fourth-order valence-corrected chi connectivity index (χ4v) is 2.21. The summed E-state index contributed by atoms with van der Waals surface area (Å²) in [4.78, 5) is 16.2. The van der Waals surface area contributed by atoms with Gasteiger partial charge < -0.3 is 16.0 Å². The van der Waals surface area contributed by atoms with Crippen LogP contribution in [0.4, 0.5) is 0 Å². The number of nitrogens with two attached hydrogens (primary N) is 1. The highest BCUT2D eigenvalue weighted by atomic mass is 16.1. The summed E-state index contributed by atoms with van der Waals surface area (Å²) in [6.45, 7) is 8.51. The van der Waals surface area contributed by atoms with Crippen LogP contribution in [0.15, 0.2) is 0 Å². The number of carbonyl (C=O) groups excluding carboxylic acids is 1. The second-order valence-electron chi connectivity index (χ2n) is 5.16. The highest BCUT2D eigenvalue weighted by Gasteiger charge is 2.24. The van der Waals surface area contributed by atoms with E-state index in [9.17, 15) is 4.79 Å². The molecule has 0 aliphatic carbocycles. The predicted octanol–water partition coefficient (Wildman–Crippen LogP) is -0.524. The van der Waals surface area contributed by atoms with Crippen molar-refractivity contribution in [1.29, 1.82) is 0 Å². The van der Waals surface area contributed by atoms with Crippen molar-refractivity contribution in [3.63, 3.8) is 0 Å². The smallest absolute Gasteiger partial charge is 0.221 e. The molecule has 1 atom stereocenters. The van der Waals surface area contributed by atoms with Gasteiger partial charge in [0.15, 0.2) is 0 Å². The van der Waals surface area contributed by atoms with Crippen LogP contribution in [-0.4, -0.2) is 67.6 Å². The summed E-state index contributed by atoms with van der Waals surface area (Å²) < 4.78 is 0. The molecular weight excluding hydrogens is 216 g/mol. The first-order valence-electron chi connectivity index (χ1n) is 6.45. The molecule has 100 valence electrons. The van der Waals surface area contributed by atoms with Gasteiger partial charge in [0.05, 0.1) is 0 Å². The van der Waals surface area contributed by atoms with E-state index in [0.717, 1.165) is 26.2 Å². The first kappa shape index (κ1) is 14.4. The monoisotopic (exact) mass is 242 g/mol. The van der Waals surface area contributed by atoms with Crippen molar-refractivity contribution in [1.82, 2.24) is 15.1 Å². The van der Waals surface area contributed by atoms with E-state index >= 15 is 0 Å². The molecule has 1 unspecified atom stereocenters. The van der Waals surface area contributed by atoms with Gasteiger partial charge in [0.1, 0.15) is 0 Å². The van der Waals surface area contributed by atoms with E-state index in [1.807, 2.05) is 13.8 Å². The third-order valence-corrected chi connectivity index (χ3v) is 3.16. The van der Waals surface area contributed by atoms with Crippen LogP contribution in [0.2, 0.25) is 0 Å². The Morgan fingerprint density at radius 1 is 1.47 bits per heavy atom. The lowest BCUT2D eigenvalue weighted by Gasteiger charge is -2.39. The van der Waals surface area contributed by atoms with Crippen molar-refractivity contribution in [2.75, 3.05) is 39.8 Å². The highest BCUT2D eigenvalue weighted by Crippen LogP contribution is 2.07. The molecule has 0 saturated carbocycles.